The Kier molecular flexibility index (Phi) is 7.83. The predicted molar refractivity (Wildman–Crippen MR) is 153 cm³/mol. The second kappa shape index (κ2) is 11.4. The Morgan fingerprint density at radius 1 is 1.15 bits per heavy atom. The summed E-state index contributed by atoms with van der Waals surface area (Å²) >= 11 is 12.4. The van der Waals surface area contributed by atoms with Crippen molar-refractivity contribution >= 4 is 40.6 Å². The van der Waals surface area contributed by atoms with E-state index in [0.29, 0.717) is 40.6 Å². The van der Waals surface area contributed by atoms with Crippen LogP contribution >= 0.6 is 23.8 Å². The second-order valence-corrected chi connectivity index (χ2v) is 9.78. The maximum Gasteiger partial charge on any atom is 0.335 e. The fraction of sp³-hybridized carbons (Fsp3) is 0.207. The fourth-order valence-electron chi connectivity index (χ4n) is 4.64. The summed E-state index contributed by atoms with van der Waals surface area (Å²) in [6.07, 6.45) is 1.74. The zero-order chi connectivity index (χ0) is 27.5. The van der Waals surface area contributed by atoms with Crippen LogP contribution < -0.4 is 15.0 Å². The summed E-state index contributed by atoms with van der Waals surface area (Å²) in [5.74, 6) is 0.857. The molecule has 1 aliphatic heterocycles. The minimum Gasteiger partial charge on any atom is -0.490 e. The number of halogens is 1. The number of methoxy groups -OCH3 is 1. The van der Waals surface area contributed by atoms with Crippen LogP contribution in [0.1, 0.15) is 39.5 Å². The van der Waals surface area contributed by atoms with E-state index in [-0.39, 0.29) is 17.6 Å². The van der Waals surface area contributed by atoms with Gasteiger partial charge in [0.15, 0.2) is 5.11 Å². The number of carboxylic acid groups (broad SMARTS) is 1. The van der Waals surface area contributed by atoms with Crippen molar-refractivity contribution in [1.82, 2.24) is 10.3 Å². The second-order valence-electron chi connectivity index (χ2n) is 8.99. The minimum absolute atomic E-state index is 0.223. The number of carbonyl (C=O) groups is 1. The van der Waals surface area contributed by atoms with Gasteiger partial charge in [-0.25, -0.2) is 4.79 Å². The SMILES string of the molecule is COCCOc1ccc(N2C(=S)NC(c3ccccn3)C2c2ccc(-c3ccc(C(=O)O)cc3C)o2)cc1Cl. The Bertz CT molecular complexity index is 1510. The summed E-state index contributed by atoms with van der Waals surface area (Å²) in [7, 11) is 1.61. The average molecular weight is 564 g/mol. The molecular formula is C29H26ClN3O5S. The van der Waals surface area contributed by atoms with Gasteiger partial charge in [0, 0.05) is 24.6 Å². The molecule has 5 rings (SSSR count). The molecule has 39 heavy (non-hydrogen) atoms. The van der Waals surface area contributed by atoms with Gasteiger partial charge < -0.3 is 29.2 Å². The molecule has 10 heteroatoms. The number of aromatic nitrogens is 1. The highest BCUT2D eigenvalue weighted by atomic mass is 35.5. The van der Waals surface area contributed by atoms with Crippen LogP contribution in [0.3, 0.4) is 0 Å². The number of nitrogens with one attached hydrogen (secondary N) is 1. The molecule has 0 saturated carbocycles. The van der Waals surface area contributed by atoms with E-state index in [1.54, 1.807) is 31.5 Å². The average Bonchev–Trinajstić information content (AvgIpc) is 3.54. The third kappa shape index (κ3) is 5.47. The molecule has 0 radical (unpaired) electrons. The summed E-state index contributed by atoms with van der Waals surface area (Å²) in [5, 5.41) is 13.7. The van der Waals surface area contributed by atoms with Crippen LogP contribution in [-0.2, 0) is 4.74 Å². The van der Waals surface area contributed by atoms with Crippen LogP contribution in [0, 0.1) is 6.92 Å². The molecule has 0 bridgehead atoms. The number of hydrogen-bond acceptors (Lipinski definition) is 6. The number of pyridine rings is 1. The normalized spacial score (nSPS) is 16.8. The molecule has 2 unspecified atom stereocenters. The van der Waals surface area contributed by atoms with E-state index in [0.717, 1.165) is 22.5 Å². The van der Waals surface area contributed by atoms with E-state index < -0.39 is 5.97 Å². The van der Waals surface area contributed by atoms with E-state index >= 15 is 0 Å². The van der Waals surface area contributed by atoms with Crippen molar-refractivity contribution in [2.24, 2.45) is 0 Å². The smallest absolute Gasteiger partial charge is 0.335 e. The van der Waals surface area contributed by atoms with E-state index in [1.165, 1.54) is 0 Å². The molecule has 3 heterocycles. The number of carboxylic acids is 1. The number of aryl methyl sites for hydroxylation is 1. The number of nitrogens with zero attached hydrogens (tertiary/aromatic N) is 2. The molecule has 2 aromatic heterocycles. The van der Waals surface area contributed by atoms with Gasteiger partial charge in [0.25, 0.3) is 0 Å². The molecule has 200 valence electrons. The lowest BCUT2D eigenvalue weighted by Gasteiger charge is -2.26. The Morgan fingerprint density at radius 2 is 2.00 bits per heavy atom. The molecular weight excluding hydrogens is 538 g/mol. The van der Waals surface area contributed by atoms with Crippen molar-refractivity contribution in [1.29, 1.82) is 0 Å². The number of hydrogen-bond donors (Lipinski definition) is 2. The standard InChI is InChI=1S/C29H26ClN3O5S/c1-17-15-18(28(34)35)6-8-20(17)23-10-11-25(38-23)27-26(22-5-3-4-12-31-22)32-29(39)33(27)19-7-9-24(21(30)16-19)37-14-13-36-2/h3-12,15-16,26-27H,13-14H2,1-2H3,(H,32,39)(H,34,35). The first-order valence-corrected chi connectivity index (χ1v) is 13.0. The highest BCUT2D eigenvalue weighted by Gasteiger charge is 2.42. The maximum atomic E-state index is 11.4. The number of ether oxygens (including phenoxy) is 2. The van der Waals surface area contributed by atoms with Crippen LogP contribution in [-0.4, -0.2) is 41.5 Å². The summed E-state index contributed by atoms with van der Waals surface area (Å²) in [5.41, 5.74) is 3.39. The van der Waals surface area contributed by atoms with Crippen molar-refractivity contribution in [3.05, 3.63) is 101 Å². The first kappa shape index (κ1) is 26.7. The molecule has 0 spiro atoms. The van der Waals surface area contributed by atoms with Crippen LogP contribution in [0.2, 0.25) is 5.02 Å². The van der Waals surface area contributed by atoms with Gasteiger partial charge in [-0.1, -0.05) is 23.7 Å². The number of furan rings is 1. The molecule has 2 atom stereocenters. The molecule has 8 nitrogen and oxygen atoms in total. The van der Waals surface area contributed by atoms with Gasteiger partial charge in [0.1, 0.15) is 29.9 Å². The minimum atomic E-state index is -0.974. The van der Waals surface area contributed by atoms with Crippen LogP contribution in [0.4, 0.5) is 5.69 Å². The Hall–Kier alpha value is -3.92. The van der Waals surface area contributed by atoms with Gasteiger partial charge in [0.2, 0.25) is 0 Å². The van der Waals surface area contributed by atoms with E-state index in [2.05, 4.69) is 10.3 Å². The van der Waals surface area contributed by atoms with Gasteiger partial charge in [-0.05, 0) is 79.3 Å². The summed E-state index contributed by atoms with van der Waals surface area (Å²) in [6, 6.07) is 19.3. The summed E-state index contributed by atoms with van der Waals surface area (Å²) in [6.45, 7) is 2.69. The third-order valence-electron chi connectivity index (χ3n) is 6.49. The fourth-order valence-corrected chi connectivity index (χ4v) is 5.22. The zero-order valence-electron chi connectivity index (χ0n) is 21.3. The zero-order valence-corrected chi connectivity index (χ0v) is 22.8. The number of thiocarbonyl (C=S) groups is 1. The molecule has 1 fully saturated rings. The van der Waals surface area contributed by atoms with E-state index in [4.69, 9.17) is 37.7 Å². The highest BCUT2D eigenvalue weighted by Crippen LogP contribution is 2.44. The van der Waals surface area contributed by atoms with E-state index in [1.807, 2.05) is 60.4 Å². The van der Waals surface area contributed by atoms with Crippen molar-refractivity contribution in [3.63, 3.8) is 0 Å². The molecule has 4 aromatic rings. The molecule has 1 aliphatic rings. The topological polar surface area (TPSA) is 97.1 Å². The first-order chi connectivity index (χ1) is 18.9. The predicted octanol–water partition coefficient (Wildman–Crippen LogP) is 6.20. The maximum absolute atomic E-state index is 11.4. The molecule has 0 aliphatic carbocycles. The van der Waals surface area contributed by atoms with Crippen LogP contribution in [0.5, 0.6) is 5.75 Å². The Labute approximate surface area is 236 Å². The van der Waals surface area contributed by atoms with Gasteiger partial charge in [-0.2, -0.15) is 0 Å². The van der Waals surface area contributed by atoms with Crippen molar-refractivity contribution in [2.45, 2.75) is 19.0 Å². The molecule has 0 amide bonds. The number of benzene rings is 2. The van der Waals surface area contributed by atoms with Gasteiger partial charge in [-0.3, -0.25) is 4.98 Å². The monoisotopic (exact) mass is 563 g/mol. The summed E-state index contributed by atoms with van der Waals surface area (Å²) in [4.78, 5) is 17.9. The van der Waals surface area contributed by atoms with Crippen LogP contribution in [0.25, 0.3) is 11.3 Å². The van der Waals surface area contributed by atoms with Gasteiger partial charge in [0.05, 0.1) is 28.9 Å². The lowest BCUT2D eigenvalue weighted by atomic mass is 10.0. The first-order valence-electron chi connectivity index (χ1n) is 12.2. The van der Waals surface area contributed by atoms with Crippen molar-refractivity contribution in [3.8, 4) is 17.1 Å². The molecule has 1 saturated heterocycles. The number of rotatable bonds is 9. The quantitative estimate of drug-likeness (QED) is 0.182. The van der Waals surface area contributed by atoms with Crippen molar-refractivity contribution < 1.29 is 23.8 Å². The summed E-state index contributed by atoms with van der Waals surface area (Å²) < 4.78 is 17.2. The Balaban J connectivity index is 1.53. The Morgan fingerprint density at radius 3 is 2.69 bits per heavy atom. The van der Waals surface area contributed by atoms with Crippen molar-refractivity contribution in [2.75, 3.05) is 25.2 Å². The molecule has 2 aromatic carbocycles. The lowest BCUT2D eigenvalue weighted by molar-refractivity contribution is 0.0696. The number of anilines is 1. The van der Waals surface area contributed by atoms with E-state index in [9.17, 15) is 9.90 Å². The van der Waals surface area contributed by atoms with Crippen LogP contribution in [0.15, 0.2) is 77.3 Å². The third-order valence-corrected chi connectivity index (χ3v) is 7.10. The van der Waals surface area contributed by atoms with Gasteiger partial charge >= 0.3 is 5.97 Å². The lowest BCUT2D eigenvalue weighted by Crippen LogP contribution is -2.29. The molecule has 2 N–H and O–H groups in total. The van der Waals surface area contributed by atoms with Gasteiger partial charge in [-0.15, -0.1) is 0 Å². The highest BCUT2D eigenvalue weighted by molar-refractivity contribution is 7.80. The number of aromatic carboxylic acids is 1. The largest absolute Gasteiger partial charge is 0.490 e.